The lowest BCUT2D eigenvalue weighted by atomic mass is 10.1. The van der Waals surface area contributed by atoms with E-state index in [1.165, 1.54) is 12.1 Å². The molecule has 0 amide bonds. The van der Waals surface area contributed by atoms with Crippen LogP contribution in [0.3, 0.4) is 0 Å². The minimum absolute atomic E-state index is 0.00944. The lowest BCUT2D eigenvalue weighted by Crippen LogP contribution is -2.36. The number of aliphatic hydroxyl groups excluding tert-OH is 1. The molecule has 0 bridgehead atoms. The normalized spacial score (nSPS) is 12.1. The van der Waals surface area contributed by atoms with Crippen molar-refractivity contribution in [2.45, 2.75) is 12.7 Å². The molecule has 0 heterocycles. The highest BCUT2D eigenvalue weighted by Gasteiger charge is 2.31. The summed E-state index contributed by atoms with van der Waals surface area (Å²) in [5.74, 6) is -0.653. The summed E-state index contributed by atoms with van der Waals surface area (Å²) in [5, 5.41) is 8.72. The van der Waals surface area contributed by atoms with Gasteiger partial charge in [-0.15, -0.1) is 0 Å². The zero-order valence-corrected chi connectivity index (χ0v) is 9.54. The van der Waals surface area contributed by atoms with Crippen molar-refractivity contribution < 1.29 is 22.7 Å². The summed E-state index contributed by atoms with van der Waals surface area (Å²) in [6.45, 7) is -2.16. The van der Waals surface area contributed by atoms with Crippen LogP contribution < -0.4 is 5.73 Å². The maximum Gasteiger partial charge on any atom is 0.401 e. The number of alkyl halides is 3. The van der Waals surface area contributed by atoms with Gasteiger partial charge in [0.05, 0.1) is 13.2 Å². The van der Waals surface area contributed by atoms with E-state index in [1.54, 1.807) is 0 Å². The molecule has 1 rings (SSSR count). The van der Waals surface area contributed by atoms with Crippen LogP contribution in [0, 0.1) is 5.82 Å². The van der Waals surface area contributed by atoms with Crippen molar-refractivity contribution in [1.29, 1.82) is 0 Å². The predicted octanol–water partition coefficient (Wildman–Crippen LogP) is 1.76. The molecule has 1 aromatic rings. The number of halogens is 4. The van der Waals surface area contributed by atoms with Gasteiger partial charge in [0.15, 0.2) is 0 Å². The Morgan fingerprint density at radius 3 is 2.44 bits per heavy atom. The summed E-state index contributed by atoms with van der Waals surface area (Å²) in [5.41, 5.74) is 5.63. The minimum atomic E-state index is -4.41. The van der Waals surface area contributed by atoms with E-state index in [0.29, 0.717) is 0 Å². The van der Waals surface area contributed by atoms with Gasteiger partial charge >= 0.3 is 6.18 Å². The minimum Gasteiger partial charge on any atom is -0.398 e. The zero-order valence-electron chi connectivity index (χ0n) is 9.54. The molecule has 1 aromatic carbocycles. The van der Waals surface area contributed by atoms with E-state index in [0.717, 1.165) is 11.0 Å². The van der Waals surface area contributed by atoms with Gasteiger partial charge in [0, 0.05) is 24.3 Å². The van der Waals surface area contributed by atoms with Gasteiger partial charge in [-0.05, 0) is 12.1 Å². The molecule has 7 heteroatoms. The number of nitrogens with zero attached hydrogens (tertiary/aromatic N) is 1. The first-order valence-electron chi connectivity index (χ1n) is 5.26. The zero-order chi connectivity index (χ0) is 13.8. The van der Waals surface area contributed by atoms with Crippen molar-refractivity contribution in [2.75, 3.05) is 25.4 Å². The Kier molecular flexibility index (Phi) is 4.92. The predicted molar refractivity (Wildman–Crippen MR) is 59.2 cm³/mol. The third-order valence-electron chi connectivity index (χ3n) is 2.36. The Hall–Kier alpha value is -1.34. The van der Waals surface area contributed by atoms with E-state index in [9.17, 15) is 17.6 Å². The van der Waals surface area contributed by atoms with E-state index in [4.69, 9.17) is 10.8 Å². The van der Waals surface area contributed by atoms with Crippen LogP contribution in [-0.4, -0.2) is 35.9 Å². The lowest BCUT2D eigenvalue weighted by Gasteiger charge is -2.23. The molecular weight excluding hydrogens is 252 g/mol. The highest BCUT2D eigenvalue weighted by Crippen LogP contribution is 2.21. The van der Waals surface area contributed by atoms with Gasteiger partial charge in [0.2, 0.25) is 0 Å². The number of nitrogens with two attached hydrogens (primary N) is 1. The number of hydrogen-bond donors (Lipinski definition) is 2. The summed E-state index contributed by atoms with van der Waals surface area (Å²) in [6.07, 6.45) is -4.41. The second-order valence-corrected chi connectivity index (χ2v) is 3.86. The number of aliphatic hydroxyl groups is 1. The average Bonchev–Trinajstić information content (AvgIpc) is 2.21. The standard InChI is InChI=1S/C11H14F4N2O/c12-9-2-1-3-10(16)8(9)6-17(4-5-18)7-11(13,14)15/h1-3,18H,4-7,16H2. The molecule has 0 spiro atoms. The van der Waals surface area contributed by atoms with Gasteiger partial charge in [-0.25, -0.2) is 4.39 Å². The Morgan fingerprint density at radius 1 is 1.28 bits per heavy atom. The molecule has 0 aliphatic carbocycles. The first-order chi connectivity index (χ1) is 8.33. The molecule has 102 valence electrons. The quantitative estimate of drug-likeness (QED) is 0.630. The van der Waals surface area contributed by atoms with Crippen LogP contribution in [0.15, 0.2) is 18.2 Å². The molecule has 18 heavy (non-hydrogen) atoms. The monoisotopic (exact) mass is 266 g/mol. The molecule has 0 saturated carbocycles. The number of hydrogen-bond acceptors (Lipinski definition) is 3. The second kappa shape index (κ2) is 6.01. The highest BCUT2D eigenvalue weighted by molar-refractivity contribution is 5.47. The van der Waals surface area contributed by atoms with Gasteiger partial charge in [0.1, 0.15) is 5.82 Å². The van der Waals surface area contributed by atoms with Crippen molar-refractivity contribution in [3.05, 3.63) is 29.6 Å². The van der Waals surface area contributed by atoms with Crippen LogP contribution in [0.2, 0.25) is 0 Å². The van der Waals surface area contributed by atoms with Crippen LogP contribution in [0.25, 0.3) is 0 Å². The number of anilines is 1. The van der Waals surface area contributed by atoms with Crippen molar-refractivity contribution >= 4 is 5.69 Å². The molecule has 0 aliphatic heterocycles. The van der Waals surface area contributed by atoms with Crippen molar-refractivity contribution in [3.63, 3.8) is 0 Å². The van der Waals surface area contributed by atoms with E-state index in [2.05, 4.69) is 0 Å². The largest absolute Gasteiger partial charge is 0.401 e. The van der Waals surface area contributed by atoms with Crippen LogP contribution in [-0.2, 0) is 6.54 Å². The van der Waals surface area contributed by atoms with Crippen molar-refractivity contribution in [1.82, 2.24) is 4.90 Å². The maximum absolute atomic E-state index is 13.4. The molecule has 0 atom stereocenters. The first kappa shape index (κ1) is 14.7. The Labute approximate surface area is 102 Å². The maximum atomic E-state index is 13.4. The van der Waals surface area contributed by atoms with E-state index in [1.807, 2.05) is 0 Å². The number of rotatable bonds is 5. The van der Waals surface area contributed by atoms with Gasteiger partial charge in [-0.2, -0.15) is 13.2 Å². The fraction of sp³-hybridized carbons (Fsp3) is 0.455. The van der Waals surface area contributed by atoms with Crippen LogP contribution in [0.1, 0.15) is 5.56 Å². The number of nitrogen functional groups attached to an aromatic ring is 1. The van der Waals surface area contributed by atoms with Crippen LogP contribution >= 0.6 is 0 Å². The Bertz CT molecular complexity index is 375. The van der Waals surface area contributed by atoms with E-state index >= 15 is 0 Å². The van der Waals surface area contributed by atoms with Crippen LogP contribution in [0.5, 0.6) is 0 Å². The molecule has 0 aromatic heterocycles. The highest BCUT2D eigenvalue weighted by atomic mass is 19.4. The molecule has 0 saturated heterocycles. The lowest BCUT2D eigenvalue weighted by molar-refractivity contribution is -0.148. The molecule has 0 unspecified atom stereocenters. The molecular formula is C11H14F4N2O. The molecule has 0 radical (unpaired) electrons. The fourth-order valence-electron chi connectivity index (χ4n) is 1.57. The van der Waals surface area contributed by atoms with E-state index in [-0.39, 0.29) is 24.3 Å². The van der Waals surface area contributed by atoms with Crippen LogP contribution in [0.4, 0.5) is 23.2 Å². The van der Waals surface area contributed by atoms with Gasteiger partial charge in [-0.1, -0.05) is 6.07 Å². The molecule has 3 N–H and O–H groups in total. The van der Waals surface area contributed by atoms with E-state index < -0.39 is 25.1 Å². The van der Waals surface area contributed by atoms with Crippen molar-refractivity contribution in [2.24, 2.45) is 0 Å². The van der Waals surface area contributed by atoms with Crippen molar-refractivity contribution in [3.8, 4) is 0 Å². The molecule has 0 fully saturated rings. The summed E-state index contributed by atoms with van der Waals surface area (Å²) >= 11 is 0. The molecule has 3 nitrogen and oxygen atoms in total. The summed E-state index contributed by atoms with van der Waals surface area (Å²) < 4.78 is 50.3. The average molecular weight is 266 g/mol. The van der Waals surface area contributed by atoms with Gasteiger partial charge < -0.3 is 10.8 Å². The summed E-state index contributed by atoms with van der Waals surface area (Å²) in [7, 11) is 0. The summed E-state index contributed by atoms with van der Waals surface area (Å²) in [4.78, 5) is 0.898. The Morgan fingerprint density at radius 2 is 1.94 bits per heavy atom. The van der Waals surface area contributed by atoms with Gasteiger partial charge in [-0.3, -0.25) is 4.90 Å². The summed E-state index contributed by atoms with van der Waals surface area (Å²) in [6, 6.07) is 3.94. The van der Waals surface area contributed by atoms with Gasteiger partial charge in [0.25, 0.3) is 0 Å². The number of benzene rings is 1. The SMILES string of the molecule is Nc1cccc(F)c1CN(CCO)CC(F)(F)F. The topological polar surface area (TPSA) is 49.5 Å². The third kappa shape index (κ3) is 4.50. The smallest absolute Gasteiger partial charge is 0.398 e. The second-order valence-electron chi connectivity index (χ2n) is 3.86. The Balaban J connectivity index is 2.83. The first-order valence-corrected chi connectivity index (χ1v) is 5.26. The molecule has 0 aliphatic rings. The third-order valence-corrected chi connectivity index (χ3v) is 2.36. The fourth-order valence-corrected chi connectivity index (χ4v) is 1.57.